The minimum Gasteiger partial charge on any atom is -0.383 e. The summed E-state index contributed by atoms with van der Waals surface area (Å²) in [5.74, 6) is -0.525. The first-order chi connectivity index (χ1) is 11.1. The summed E-state index contributed by atoms with van der Waals surface area (Å²) in [5, 5.41) is 24.7. The average Bonchev–Trinajstić information content (AvgIpc) is 3.21. The number of likely N-dealkylation sites (N-methyl/N-ethyl adjacent to an activating group) is 1. The van der Waals surface area contributed by atoms with Crippen molar-refractivity contribution in [1.29, 1.82) is 0 Å². The summed E-state index contributed by atoms with van der Waals surface area (Å²) in [5.41, 5.74) is 1.74. The number of benzene rings is 1. The number of aliphatic hydroxyl groups excluding tert-OH is 2. The highest BCUT2D eigenvalue weighted by Gasteiger charge is 2.30. The van der Waals surface area contributed by atoms with E-state index in [0.29, 0.717) is 11.6 Å². The number of nitrogens with zero attached hydrogens (tertiary/aromatic N) is 2. The van der Waals surface area contributed by atoms with Crippen molar-refractivity contribution in [1.82, 2.24) is 9.88 Å². The third-order valence-corrected chi connectivity index (χ3v) is 5.33. The molecule has 0 radical (unpaired) electrons. The van der Waals surface area contributed by atoms with E-state index in [9.17, 15) is 15.0 Å². The number of amides is 1. The summed E-state index contributed by atoms with van der Waals surface area (Å²) in [6, 6.07) is 9.38. The molecule has 0 aliphatic rings. The van der Waals surface area contributed by atoms with Gasteiger partial charge in [0.25, 0.3) is 5.91 Å². The highest BCUT2D eigenvalue weighted by Crippen LogP contribution is 2.28. The van der Waals surface area contributed by atoms with Gasteiger partial charge in [-0.2, -0.15) is 11.3 Å². The molecule has 120 valence electrons. The zero-order valence-electron chi connectivity index (χ0n) is 12.4. The Labute approximate surface area is 141 Å². The number of para-hydroxylation sites is 1. The van der Waals surface area contributed by atoms with Crippen molar-refractivity contribution >= 4 is 38.8 Å². The van der Waals surface area contributed by atoms with Crippen molar-refractivity contribution in [2.45, 2.75) is 18.8 Å². The molecule has 0 spiro atoms. The molecule has 5 nitrogen and oxygen atoms in total. The van der Waals surface area contributed by atoms with Crippen molar-refractivity contribution in [2.75, 3.05) is 7.05 Å². The highest BCUT2D eigenvalue weighted by molar-refractivity contribution is 7.18. The summed E-state index contributed by atoms with van der Waals surface area (Å²) < 4.78 is 0.910. The van der Waals surface area contributed by atoms with Crippen LogP contribution in [0.15, 0.2) is 41.1 Å². The average molecular weight is 348 g/mol. The number of hydrogen-bond donors (Lipinski definition) is 2. The van der Waals surface area contributed by atoms with E-state index in [0.717, 1.165) is 15.8 Å². The lowest BCUT2D eigenvalue weighted by Gasteiger charge is -2.22. The molecule has 0 fully saturated rings. The van der Waals surface area contributed by atoms with Crippen molar-refractivity contribution in [3.63, 3.8) is 0 Å². The van der Waals surface area contributed by atoms with Gasteiger partial charge in [-0.25, -0.2) is 4.98 Å². The minimum atomic E-state index is -1.53. The van der Waals surface area contributed by atoms with Crippen molar-refractivity contribution < 1.29 is 15.0 Å². The number of aromatic nitrogens is 1. The molecule has 3 aromatic rings. The van der Waals surface area contributed by atoms with Crippen molar-refractivity contribution in [3.8, 4) is 0 Å². The molecule has 2 heterocycles. The van der Waals surface area contributed by atoms with Crippen LogP contribution in [0.5, 0.6) is 0 Å². The van der Waals surface area contributed by atoms with Gasteiger partial charge < -0.3 is 15.1 Å². The minimum absolute atomic E-state index is 0.344. The van der Waals surface area contributed by atoms with E-state index < -0.39 is 18.1 Å². The van der Waals surface area contributed by atoms with Crippen LogP contribution in [0.4, 0.5) is 0 Å². The number of thiazole rings is 1. The maximum atomic E-state index is 12.3. The van der Waals surface area contributed by atoms with Crippen molar-refractivity contribution in [2.24, 2.45) is 0 Å². The quantitative estimate of drug-likeness (QED) is 0.743. The molecule has 0 bridgehead atoms. The van der Waals surface area contributed by atoms with Crippen LogP contribution in [-0.2, 0) is 11.3 Å². The van der Waals surface area contributed by atoms with Crippen LogP contribution < -0.4 is 0 Å². The predicted octanol–water partition coefficient (Wildman–Crippen LogP) is 2.41. The molecule has 0 aliphatic heterocycles. The molecule has 0 aliphatic carbocycles. The molecule has 1 amide bonds. The largest absolute Gasteiger partial charge is 0.383 e. The Balaban J connectivity index is 1.72. The number of fused-ring (bicyclic) bond motifs is 1. The smallest absolute Gasteiger partial charge is 0.254 e. The van der Waals surface area contributed by atoms with Crippen LogP contribution in [0.3, 0.4) is 0 Å². The Bertz CT molecular complexity index is 768. The molecule has 2 atom stereocenters. The van der Waals surface area contributed by atoms with Crippen LogP contribution in [-0.4, -0.2) is 39.2 Å². The maximum absolute atomic E-state index is 12.3. The summed E-state index contributed by atoms with van der Waals surface area (Å²) >= 11 is 2.83. The molecule has 0 saturated carbocycles. The molecule has 2 unspecified atom stereocenters. The summed E-state index contributed by atoms with van der Waals surface area (Å²) in [4.78, 5) is 18.0. The van der Waals surface area contributed by atoms with E-state index in [1.165, 1.54) is 16.2 Å². The van der Waals surface area contributed by atoms with Crippen LogP contribution in [0, 0.1) is 0 Å². The summed E-state index contributed by atoms with van der Waals surface area (Å²) in [6.07, 6.45) is -2.86. The first kappa shape index (κ1) is 16.1. The van der Waals surface area contributed by atoms with Gasteiger partial charge in [-0.05, 0) is 34.5 Å². The van der Waals surface area contributed by atoms with Crippen LogP contribution in [0.25, 0.3) is 10.2 Å². The van der Waals surface area contributed by atoms with Gasteiger partial charge >= 0.3 is 0 Å². The number of thiophene rings is 1. The molecule has 1 aromatic carbocycles. The lowest BCUT2D eigenvalue weighted by Crippen LogP contribution is -2.39. The fraction of sp³-hybridized carbons (Fsp3) is 0.250. The molecular weight excluding hydrogens is 332 g/mol. The van der Waals surface area contributed by atoms with Gasteiger partial charge in [0.15, 0.2) is 6.10 Å². The number of rotatable bonds is 5. The highest BCUT2D eigenvalue weighted by atomic mass is 32.1. The molecular formula is C16H16N2O3S2. The maximum Gasteiger partial charge on any atom is 0.254 e. The van der Waals surface area contributed by atoms with E-state index in [1.807, 2.05) is 41.1 Å². The summed E-state index contributed by atoms with van der Waals surface area (Å²) in [7, 11) is 1.61. The predicted molar refractivity (Wildman–Crippen MR) is 91.4 cm³/mol. The molecule has 7 heteroatoms. The SMILES string of the molecule is CN(Cc1ccsc1)C(=O)C(O)C(O)c1nc2ccccc2s1. The lowest BCUT2D eigenvalue weighted by molar-refractivity contribution is -0.145. The topological polar surface area (TPSA) is 73.7 Å². The van der Waals surface area contributed by atoms with Gasteiger partial charge in [0.1, 0.15) is 11.1 Å². The third kappa shape index (κ3) is 3.42. The Morgan fingerprint density at radius 3 is 2.78 bits per heavy atom. The van der Waals surface area contributed by atoms with Crippen LogP contribution in [0.1, 0.15) is 16.7 Å². The lowest BCUT2D eigenvalue weighted by atomic mass is 10.2. The van der Waals surface area contributed by atoms with E-state index in [4.69, 9.17) is 0 Å². The first-order valence-electron chi connectivity index (χ1n) is 7.04. The first-order valence-corrected chi connectivity index (χ1v) is 8.80. The molecule has 3 rings (SSSR count). The second kappa shape index (κ2) is 6.76. The third-order valence-electron chi connectivity index (χ3n) is 3.49. The van der Waals surface area contributed by atoms with Gasteiger partial charge in [0.2, 0.25) is 0 Å². The van der Waals surface area contributed by atoms with Gasteiger partial charge in [0, 0.05) is 13.6 Å². The van der Waals surface area contributed by atoms with E-state index in [-0.39, 0.29) is 0 Å². The van der Waals surface area contributed by atoms with Crippen molar-refractivity contribution in [3.05, 3.63) is 51.7 Å². The van der Waals surface area contributed by atoms with Gasteiger partial charge in [-0.15, -0.1) is 11.3 Å². The zero-order valence-corrected chi connectivity index (χ0v) is 14.0. The fourth-order valence-electron chi connectivity index (χ4n) is 2.25. The van der Waals surface area contributed by atoms with Gasteiger partial charge in [0.05, 0.1) is 10.2 Å². The molecule has 0 saturated heterocycles. The van der Waals surface area contributed by atoms with E-state index in [1.54, 1.807) is 18.4 Å². The molecule has 2 N–H and O–H groups in total. The number of aliphatic hydroxyl groups is 2. The van der Waals surface area contributed by atoms with Gasteiger partial charge in [-0.3, -0.25) is 4.79 Å². The monoisotopic (exact) mass is 348 g/mol. The van der Waals surface area contributed by atoms with Crippen LogP contribution in [0.2, 0.25) is 0 Å². The summed E-state index contributed by atoms with van der Waals surface area (Å²) in [6.45, 7) is 0.395. The number of carbonyl (C=O) groups excluding carboxylic acids is 1. The number of hydrogen-bond acceptors (Lipinski definition) is 6. The number of carbonyl (C=O) groups is 1. The van der Waals surface area contributed by atoms with Gasteiger partial charge in [-0.1, -0.05) is 12.1 Å². The normalized spacial score (nSPS) is 13.9. The Morgan fingerprint density at radius 1 is 1.30 bits per heavy atom. The van der Waals surface area contributed by atoms with Crippen LogP contribution >= 0.6 is 22.7 Å². The fourth-order valence-corrected chi connectivity index (χ4v) is 3.89. The Morgan fingerprint density at radius 2 is 2.09 bits per heavy atom. The molecule has 2 aromatic heterocycles. The van der Waals surface area contributed by atoms with E-state index in [2.05, 4.69) is 4.98 Å². The second-order valence-corrected chi connectivity index (χ2v) is 7.08. The van der Waals surface area contributed by atoms with E-state index >= 15 is 0 Å². The Kier molecular flexibility index (Phi) is 4.72. The zero-order chi connectivity index (χ0) is 16.4. The standard InChI is InChI=1S/C16H16N2O3S2/c1-18(8-10-6-7-22-9-10)16(21)14(20)13(19)15-17-11-4-2-3-5-12(11)23-15/h2-7,9,13-14,19-20H,8H2,1H3. The second-order valence-electron chi connectivity index (χ2n) is 5.24. The molecule has 23 heavy (non-hydrogen) atoms. The Hall–Kier alpha value is -1.80.